The van der Waals surface area contributed by atoms with E-state index in [2.05, 4.69) is 30.5 Å². The Bertz CT molecular complexity index is 1070. The summed E-state index contributed by atoms with van der Waals surface area (Å²) in [4.78, 5) is 31.3. The van der Waals surface area contributed by atoms with Gasteiger partial charge in [0.05, 0.1) is 17.0 Å². The molecule has 9 heteroatoms. The number of carbonyl (C=O) groups excluding carboxylic acids is 1. The number of para-hydroxylation sites is 1. The van der Waals surface area contributed by atoms with E-state index in [0.29, 0.717) is 12.5 Å². The Morgan fingerprint density at radius 3 is 3.00 bits per heavy atom. The van der Waals surface area contributed by atoms with Gasteiger partial charge in [-0.05, 0) is 31.0 Å². The Kier molecular flexibility index (Phi) is 5.27. The second-order valence-electron chi connectivity index (χ2n) is 7.47. The van der Waals surface area contributed by atoms with Crippen molar-refractivity contribution in [3.63, 3.8) is 0 Å². The van der Waals surface area contributed by atoms with Crippen molar-refractivity contribution < 1.29 is 4.79 Å². The van der Waals surface area contributed by atoms with Crippen molar-refractivity contribution in [2.24, 2.45) is 10.9 Å². The first kappa shape index (κ1) is 18.9. The zero-order valence-corrected chi connectivity index (χ0v) is 17.2. The van der Waals surface area contributed by atoms with Gasteiger partial charge in [-0.25, -0.2) is 14.8 Å². The Labute approximate surface area is 178 Å². The molecule has 0 aliphatic carbocycles. The van der Waals surface area contributed by atoms with E-state index in [-0.39, 0.29) is 11.4 Å². The smallest absolute Gasteiger partial charge is 0.320 e. The number of thioether (sulfide) groups is 1. The summed E-state index contributed by atoms with van der Waals surface area (Å²) in [6.45, 7) is 2.47. The second-order valence-corrected chi connectivity index (χ2v) is 8.70. The van der Waals surface area contributed by atoms with Crippen molar-refractivity contribution in [2.75, 3.05) is 29.9 Å². The van der Waals surface area contributed by atoms with Gasteiger partial charge in [-0.3, -0.25) is 4.99 Å². The molecule has 1 fully saturated rings. The molecule has 2 aliphatic rings. The fourth-order valence-electron chi connectivity index (χ4n) is 4.01. The number of aliphatic imine (C=N–C) groups is 1. The van der Waals surface area contributed by atoms with Crippen LogP contribution in [0.25, 0.3) is 11.0 Å². The highest BCUT2D eigenvalue weighted by atomic mass is 32.2. The fraction of sp³-hybridized carbons (Fsp3) is 0.333. The quantitative estimate of drug-likeness (QED) is 0.599. The van der Waals surface area contributed by atoms with Gasteiger partial charge in [0.25, 0.3) is 0 Å². The average Bonchev–Trinajstić information content (AvgIpc) is 3.44. The zero-order chi connectivity index (χ0) is 20.3. The number of nitrogens with zero attached hydrogens (tertiary/aromatic N) is 4. The average molecular weight is 422 g/mol. The van der Waals surface area contributed by atoms with E-state index in [4.69, 9.17) is 4.99 Å². The topological polar surface area (TPSA) is 98.3 Å². The molecule has 2 aliphatic heterocycles. The summed E-state index contributed by atoms with van der Waals surface area (Å²) in [6, 6.07) is 11.3. The number of hydrogen-bond donors (Lipinski definition) is 3. The fourth-order valence-corrected chi connectivity index (χ4v) is 5.15. The van der Waals surface area contributed by atoms with Gasteiger partial charge < -0.3 is 20.5 Å². The van der Waals surface area contributed by atoms with E-state index in [0.717, 1.165) is 53.5 Å². The third-order valence-electron chi connectivity index (χ3n) is 5.40. The maximum Gasteiger partial charge on any atom is 0.320 e. The van der Waals surface area contributed by atoms with Crippen LogP contribution in [0.5, 0.6) is 0 Å². The number of anilines is 2. The minimum atomic E-state index is -0.198. The highest BCUT2D eigenvalue weighted by Gasteiger charge is 2.31. The largest absolute Gasteiger partial charge is 0.355 e. The predicted molar refractivity (Wildman–Crippen MR) is 121 cm³/mol. The lowest BCUT2D eigenvalue weighted by atomic mass is 9.99. The van der Waals surface area contributed by atoms with Gasteiger partial charge in [-0.1, -0.05) is 30.0 Å². The van der Waals surface area contributed by atoms with Gasteiger partial charge in [0.15, 0.2) is 0 Å². The van der Waals surface area contributed by atoms with Crippen LogP contribution in [0.1, 0.15) is 12.8 Å². The molecule has 0 spiro atoms. The normalized spacial score (nSPS) is 21.5. The van der Waals surface area contributed by atoms with Crippen LogP contribution in [0.2, 0.25) is 0 Å². The van der Waals surface area contributed by atoms with Crippen molar-refractivity contribution >= 4 is 45.4 Å². The lowest BCUT2D eigenvalue weighted by molar-refractivity contribution is 0.251. The number of urea groups is 1. The molecule has 0 radical (unpaired) electrons. The molecule has 1 aromatic carbocycles. The summed E-state index contributed by atoms with van der Waals surface area (Å²) in [5, 5.41) is 8.03. The maximum absolute atomic E-state index is 12.3. The van der Waals surface area contributed by atoms with Crippen molar-refractivity contribution in [1.82, 2.24) is 20.3 Å². The van der Waals surface area contributed by atoms with E-state index in [9.17, 15) is 4.79 Å². The first-order valence-corrected chi connectivity index (χ1v) is 11.0. The van der Waals surface area contributed by atoms with Gasteiger partial charge in [0, 0.05) is 30.9 Å². The van der Waals surface area contributed by atoms with Crippen LogP contribution < -0.4 is 15.5 Å². The van der Waals surface area contributed by atoms with Crippen molar-refractivity contribution in [1.29, 1.82) is 0 Å². The molecule has 154 valence electrons. The number of fused-ring (bicyclic) bond motifs is 1. The molecule has 30 heavy (non-hydrogen) atoms. The van der Waals surface area contributed by atoms with Crippen LogP contribution >= 0.6 is 11.8 Å². The SMILES string of the molecule is O=C(Nc1ccccc1)NC1CN=C(C2CCCN(c3ncnc4[nH]ccc34)C2)S1. The summed E-state index contributed by atoms with van der Waals surface area (Å²) in [5.74, 6) is 1.34. The van der Waals surface area contributed by atoms with E-state index >= 15 is 0 Å². The third kappa shape index (κ3) is 3.97. The van der Waals surface area contributed by atoms with Crippen LogP contribution in [0.3, 0.4) is 0 Å². The van der Waals surface area contributed by atoms with E-state index < -0.39 is 0 Å². The number of aromatic nitrogens is 3. The summed E-state index contributed by atoms with van der Waals surface area (Å²) in [5.41, 5.74) is 1.64. The molecule has 8 nitrogen and oxygen atoms in total. The Hall–Kier alpha value is -3.07. The molecule has 2 unspecified atom stereocenters. The molecule has 2 aromatic heterocycles. The van der Waals surface area contributed by atoms with Gasteiger partial charge >= 0.3 is 6.03 Å². The van der Waals surface area contributed by atoms with Crippen molar-refractivity contribution in [3.8, 4) is 0 Å². The summed E-state index contributed by atoms with van der Waals surface area (Å²) in [6.07, 6.45) is 5.71. The number of hydrogen-bond acceptors (Lipinski definition) is 6. The number of rotatable bonds is 4. The van der Waals surface area contributed by atoms with Crippen molar-refractivity contribution in [2.45, 2.75) is 18.2 Å². The second kappa shape index (κ2) is 8.35. The zero-order valence-electron chi connectivity index (χ0n) is 16.4. The van der Waals surface area contributed by atoms with Gasteiger partial charge in [0.1, 0.15) is 23.2 Å². The van der Waals surface area contributed by atoms with Gasteiger partial charge in [-0.15, -0.1) is 0 Å². The van der Waals surface area contributed by atoms with Crippen LogP contribution in [0.15, 0.2) is 53.9 Å². The van der Waals surface area contributed by atoms with E-state index in [1.807, 2.05) is 42.6 Å². The number of benzene rings is 1. The number of nitrogens with one attached hydrogen (secondary N) is 3. The minimum absolute atomic E-state index is 0.0329. The maximum atomic E-state index is 12.3. The Balaban J connectivity index is 1.19. The lowest BCUT2D eigenvalue weighted by Gasteiger charge is -2.33. The molecule has 4 heterocycles. The number of aromatic amines is 1. The molecule has 2 atom stereocenters. The van der Waals surface area contributed by atoms with Crippen molar-refractivity contribution in [3.05, 3.63) is 48.9 Å². The first-order valence-electron chi connectivity index (χ1n) is 10.1. The Morgan fingerprint density at radius 2 is 2.10 bits per heavy atom. The molecular weight excluding hydrogens is 398 g/mol. The van der Waals surface area contributed by atoms with Crippen LogP contribution in [0.4, 0.5) is 16.3 Å². The molecule has 1 saturated heterocycles. The van der Waals surface area contributed by atoms with E-state index in [1.165, 1.54) is 0 Å². The highest BCUT2D eigenvalue weighted by molar-refractivity contribution is 8.14. The highest BCUT2D eigenvalue weighted by Crippen LogP contribution is 2.32. The predicted octanol–water partition coefficient (Wildman–Crippen LogP) is 3.47. The molecule has 0 saturated carbocycles. The standard InChI is InChI=1S/C21H23N7OS/c29-21(26-15-6-2-1-3-7-15)27-17-11-23-20(30-17)14-5-4-10-28(12-14)19-16-8-9-22-18(16)24-13-25-19/h1-3,6-9,13-14,17H,4-5,10-12H2,(H,22,24,25)(H2,26,27,29). The van der Waals surface area contributed by atoms with Crippen LogP contribution in [0, 0.1) is 5.92 Å². The van der Waals surface area contributed by atoms with E-state index in [1.54, 1.807) is 18.1 Å². The van der Waals surface area contributed by atoms with Gasteiger partial charge in [0.2, 0.25) is 0 Å². The summed E-state index contributed by atoms with van der Waals surface area (Å²) >= 11 is 1.67. The van der Waals surface area contributed by atoms with Crippen LogP contribution in [-0.2, 0) is 0 Å². The number of amides is 2. The molecule has 3 aromatic rings. The summed E-state index contributed by atoms with van der Waals surface area (Å²) in [7, 11) is 0. The van der Waals surface area contributed by atoms with Crippen LogP contribution in [-0.4, -0.2) is 51.0 Å². The molecule has 2 amide bonds. The number of H-pyrrole nitrogens is 1. The number of carbonyl (C=O) groups is 1. The van der Waals surface area contributed by atoms with Gasteiger partial charge in [-0.2, -0.15) is 0 Å². The molecule has 5 rings (SSSR count). The molecular formula is C21H23N7OS. The number of piperidine rings is 1. The minimum Gasteiger partial charge on any atom is -0.355 e. The monoisotopic (exact) mass is 421 g/mol. The first-order chi connectivity index (χ1) is 14.8. The molecule has 0 bridgehead atoms. The Morgan fingerprint density at radius 1 is 1.20 bits per heavy atom. The third-order valence-corrected chi connectivity index (χ3v) is 6.66. The lowest BCUT2D eigenvalue weighted by Crippen LogP contribution is -2.39. The molecule has 3 N–H and O–H groups in total. The summed E-state index contributed by atoms with van der Waals surface area (Å²) < 4.78 is 0.